The molecule has 0 rings (SSSR count). The fourth-order valence-electron chi connectivity index (χ4n) is 1.00. The molecule has 0 fully saturated rings. The van der Waals surface area contributed by atoms with Gasteiger partial charge in [0.2, 0.25) is 0 Å². The maximum atomic E-state index is 4.21. The Kier molecular flexibility index (Phi) is 8.68. The van der Waals surface area contributed by atoms with Crippen molar-refractivity contribution < 1.29 is 0 Å². The van der Waals surface area contributed by atoms with Gasteiger partial charge in [0.25, 0.3) is 0 Å². The van der Waals surface area contributed by atoms with Crippen LogP contribution in [0.15, 0.2) is 0 Å². The minimum atomic E-state index is -0.385. The molecule has 0 aromatic carbocycles. The first-order valence-electron chi connectivity index (χ1n) is 4.34. The summed E-state index contributed by atoms with van der Waals surface area (Å²) in [4.78, 5) is 0. The molecule has 0 aliphatic heterocycles. The Morgan fingerprint density at radius 2 is 1.25 bits per heavy atom. The van der Waals surface area contributed by atoms with Gasteiger partial charge in [0.05, 0.1) is 3.41 Å². The molecule has 74 valence electrons. The average Bonchev–Trinajstić information content (AvgIpc) is 1.94. The van der Waals surface area contributed by atoms with E-state index in [1.165, 1.54) is 32.1 Å². The maximum Gasteiger partial charge on any atom is 0.0980 e. The van der Waals surface area contributed by atoms with Crippen molar-refractivity contribution in [3.8, 4) is 0 Å². The quantitative estimate of drug-likeness (QED) is 0.292. The highest BCUT2D eigenvalue weighted by atomic mass is 32.2. The number of rotatable bonds is 7. The van der Waals surface area contributed by atoms with Crippen molar-refractivity contribution in [2.24, 2.45) is 0 Å². The number of hydrogen-bond acceptors (Lipinski definition) is 4. The van der Waals surface area contributed by atoms with E-state index in [9.17, 15) is 0 Å². The molecule has 0 atom stereocenters. The van der Waals surface area contributed by atoms with E-state index in [2.05, 4.69) is 50.5 Å². The van der Waals surface area contributed by atoms with Crippen molar-refractivity contribution in [2.75, 3.05) is 5.75 Å². The Labute approximate surface area is 97.9 Å². The lowest BCUT2D eigenvalue weighted by atomic mass is 10.1. The molecule has 0 nitrogen and oxygen atoms in total. The third kappa shape index (κ3) is 11.4. The van der Waals surface area contributed by atoms with Gasteiger partial charge in [0.15, 0.2) is 0 Å². The molecule has 0 aromatic heterocycles. The normalized spacial score (nSPS) is 12.0. The highest BCUT2D eigenvalue weighted by Crippen LogP contribution is 2.30. The summed E-state index contributed by atoms with van der Waals surface area (Å²) < 4.78 is -0.385. The zero-order valence-electron chi connectivity index (χ0n) is 7.24. The summed E-state index contributed by atoms with van der Waals surface area (Å²) in [5, 5.41) is 0. The Morgan fingerprint density at radius 3 is 1.75 bits per heavy atom. The van der Waals surface area contributed by atoms with Gasteiger partial charge in [-0.15, -0.1) is 0 Å². The van der Waals surface area contributed by atoms with Crippen molar-refractivity contribution >= 4 is 50.5 Å². The van der Waals surface area contributed by atoms with Crippen LogP contribution < -0.4 is 0 Å². The Bertz CT molecular complexity index is 97.7. The van der Waals surface area contributed by atoms with Gasteiger partial charge in [-0.2, -0.15) is 50.5 Å². The van der Waals surface area contributed by atoms with Crippen LogP contribution in [0.3, 0.4) is 0 Å². The van der Waals surface area contributed by atoms with Gasteiger partial charge >= 0.3 is 0 Å². The minimum Gasteiger partial charge on any atom is -0.179 e. The monoisotopic (exact) mass is 242 g/mol. The highest BCUT2D eigenvalue weighted by Gasteiger charge is 2.11. The summed E-state index contributed by atoms with van der Waals surface area (Å²) in [6.45, 7) is 0. The van der Waals surface area contributed by atoms with Crippen LogP contribution >= 0.6 is 50.5 Å². The fraction of sp³-hybridized carbons (Fsp3) is 1.00. The van der Waals surface area contributed by atoms with Crippen LogP contribution in [0.5, 0.6) is 0 Å². The van der Waals surface area contributed by atoms with Crippen molar-refractivity contribution in [2.45, 2.75) is 41.9 Å². The smallest absolute Gasteiger partial charge is 0.0980 e. The van der Waals surface area contributed by atoms with Gasteiger partial charge in [-0.05, 0) is 18.6 Å². The molecule has 0 bridgehead atoms. The van der Waals surface area contributed by atoms with E-state index in [0.717, 1.165) is 12.2 Å². The van der Waals surface area contributed by atoms with Crippen LogP contribution in [0.2, 0.25) is 0 Å². The molecule has 4 heteroatoms. The molecular formula is C8H18S4. The fourth-order valence-corrected chi connectivity index (χ4v) is 1.70. The predicted octanol–water partition coefficient (Wildman–Crippen LogP) is 3.70. The molecule has 0 saturated heterocycles. The molecule has 0 amide bonds. The molecule has 0 saturated carbocycles. The largest absolute Gasteiger partial charge is 0.179 e. The third-order valence-corrected chi connectivity index (χ3v) is 2.66. The van der Waals surface area contributed by atoms with Crippen molar-refractivity contribution in [3.05, 3.63) is 0 Å². The summed E-state index contributed by atoms with van der Waals surface area (Å²) in [5.74, 6) is 1.01. The summed E-state index contributed by atoms with van der Waals surface area (Å²) in [7, 11) is 0. The first-order chi connectivity index (χ1) is 5.56. The van der Waals surface area contributed by atoms with E-state index in [-0.39, 0.29) is 3.41 Å². The second-order valence-electron chi connectivity index (χ2n) is 3.02. The van der Waals surface area contributed by atoms with E-state index in [4.69, 9.17) is 0 Å². The molecule has 0 heterocycles. The van der Waals surface area contributed by atoms with Crippen molar-refractivity contribution in [3.63, 3.8) is 0 Å². The summed E-state index contributed by atoms with van der Waals surface area (Å²) >= 11 is 16.8. The maximum absolute atomic E-state index is 4.21. The van der Waals surface area contributed by atoms with E-state index in [0.29, 0.717) is 0 Å². The molecule has 0 unspecified atom stereocenters. The topological polar surface area (TPSA) is 0 Å². The molecule has 0 aromatic rings. The van der Waals surface area contributed by atoms with Crippen molar-refractivity contribution in [1.82, 2.24) is 0 Å². The van der Waals surface area contributed by atoms with Crippen LogP contribution in [-0.4, -0.2) is 9.16 Å². The average molecular weight is 243 g/mol. The van der Waals surface area contributed by atoms with Gasteiger partial charge in [-0.1, -0.05) is 25.7 Å². The molecule has 0 aliphatic rings. The second kappa shape index (κ2) is 7.77. The minimum absolute atomic E-state index is 0.385. The molecule has 0 aliphatic carbocycles. The first-order valence-corrected chi connectivity index (χ1v) is 6.31. The number of thiol groups is 4. The van der Waals surface area contributed by atoms with Gasteiger partial charge < -0.3 is 0 Å². The molecule has 0 N–H and O–H groups in total. The van der Waals surface area contributed by atoms with Gasteiger partial charge in [-0.25, -0.2) is 0 Å². The third-order valence-electron chi connectivity index (χ3n) is 1.67. The van der Waals surface area contributed by atoms with E-state index in [1.807, 2.05) is 0 Å². The van der Waals surface area contributed by atoms with Crippen LogP contribution in [0.1, 0.15) is 38.5 Å². The molecule has 12 heavy (non-hydrogen) atoms. The second-order valence-corrected chi connectivity index (χ2v) is 6.81. The summed E-state index contributed by atoms with van der Waals surface area (Å²) in [6, 6.07) is 0. The summed E-state index contributed by atoms with van der Waals surface area (Å²) in [5.41, 5.74) is 0. The summed E-state index contributed by atoms with van der Waals surface area (Å²) in [6.07, 6.45) is 7.22. The SMILES string of the molecule is SCCCCCCCC(S)(S)S. The number of hydrogen-bond donors (Lipinski definition) is 4. The van der Waals surface area contributed by atoms with E-state index < -0.39 is 0 Å². The first kappa shape index (κ1) is 13.4. The zero-order valence-corrected chi connectivity index (χ0v) is 10.8. The molecule has 0 spiro atoms. The highest BCUT2D eigenvalue weighted by molar-refractivity contribution is 8.16. The van der Waals surface area contributed by atoms with E-state index in [1.54, 1.807) is 0 Å². The van der Waals surface area contributed by atoms with Crippen molar-refractivity contribution in [1.29, 1.82) is 0 Å². The zero-order chi connectivity index (χ0) is 9.45. The lowest BCUT2D eigenvalue weighted by molar-refractivity contribution is 0.621. The lowest BCUT2D eigenvalue weighted by Gasteiger charge is -2.14. The molecule has 0 radical (unpaired) electrons. The Morgan fingerprint density at radius 1 is 0.750 bits per heavy atom. The number of unbranched alkanes of at least 4 members (excludes halogenated alkanes) is 4. The predicted molar refractivity (Wildman–Crippen MR) is 71.2 cm³/mol. The standard InChI is InChI=1S/C8H18S4/c9-7-5-3-1-2-4-6-8(10,11)12/h9-12H,1-7H2. The Balaban J connectivity index is 3.01. The van der Waals surface area contributed by atoms with Crippen LogP contribution in [0, 0.1) is 0 Å². The van der Waals surface area contributed by atoms with Gasteiger partial charge in [0.1, 0.15) is 0 Å². The van der Waals surface area contributed by atoms with E-state index >= 15 is 0 Å². The van der Waals surface area contributed by atoms with Crippen LogP contribution in [0.4, 0.5) is 0 Å². The van der Waals surface area contributed by atoms with Gasteiger partial charge in [-0.3, -0.25) is 0 Å². The van der Waals surface area contributed by atoms with Crippen LogP contribution in [0.25, 0.3) is 0 Å². The Hall–Kier alpha value is 1.40. The molecular weight excluding hydrogens is 224 g/mol. The van der Waals surface area contributed by atoms with Gasteiger partial charge in [0, 0.05) is 0 Å². The van der Waals surface area contributed by atoms with Crippen LogP contribution in [-0.2, 0) is 0 Å². The lowest BCUT2D eigenvalue weighted by Crippen LogP contribution is -2.01.